The molecule has 1 aliphatic rings. The van der Waals surface area contributed by atoms with Crippen LogP contribution in [0.25, 0.3) is 6.08 Å². The van der Waals surface area contributed by atoms with Gasteiger partial charge in [0.15, 0.2) is 0 Å². The third kappa shape index (κ3) is 3.00. The number of carbonyl (C=O) groups excluding carboxylic acids is 1. The Balaban J connectivity index is 2.04. The monoisotopic (exact) mass is 233 g/mol. The number of nitrogens with one attached hydrogen (secondary N) is 1. The highest BCUT2D eigenvalue weighted by molar-refractivity contribution is 5.92. The van der Waals surface area contributed by atoms with Crippen molar-refractivity contribution in [3.8, 4) is 11.5 Å². The number of amides is 1. The van der Waals surface area contributed by atoms with Gasteiger partial charge in [0.2, 0.25) is 12.7 Å². The highest BCUT2D eigenvalue weighted by atomic mass is 16.7. The lowest BCUT2D eigenvalue weighted by Crippen LogP contribution is -2.21. The topological polar surface area (TPSA) is 47.6 Å². The van der Waals surface area contributed by atoms with Crippen LogP contribution in [-0.2, 0) is 4.79 Å². The molecule has 0 aromatic heterocycles. The molecule has 0 aliphatic carbocycles. The van der Waals surface area contributed by atoms with Crippen molar-refractivity contribution in [3.05, 3.63) is 29.8 Å². The van der Waals surface area contributed by atoms with E-state index >= 15 is 0 Å². The van der Waals surface area contributed by atoms with Crippen molar-refractivity contribution in [1.82, 2.24) is 5.32 Å². The zero-order valence-corrected chi connectivity index (χ0v) is 9.73. The predicted octanol–water partition coefficient (Wildman–Crippen LogP) is 1.95. The van der Waals surface area contributed by atoms with Gasteiger partial charge in [0.1, 0.15) is 11.5 Å². The standard InChI is InChI=1S/C13H15NO3/c1-2-7-14-13(15)6-4-10-3-5-11-8-12(10)17-9-16-11/h3-6,8H,2,7,9H2,1H3,(H,14,15)/b6-4+. The second kappa shape index (κ2) is 5.39. The maximum absolute atomic E-state index is 11.4. The van der Waals surface area contributed by atoms with Crippen molar-refractivity contribution in [3.63, 3.8) is 0 Å². The van der Waals surface area contributed by atoms with Gasteiger partial charge in [-0.1, -0.05) is 6.92 Å². The third-order valence-corrected chi connectivity index (χ3v) is 2.39. The molecular weight excluding hydrogens is 218 g/mol. The highest BCUT2D eigenvalue weighted by Gasteiger charge is 2.09. The van der Waals surface area contributed by atoms with Crippen molar-refractivity contribution in [2.75, 3.05) is 13.3 Å². The normalized spacial score (nSPS) is 13.0. The van der Waals surface area contributed by atoms with Gasteiger partial charge in [-0.2, -0.15) is 0 Å². The molecule has 0 radical (unpaired) electrons. The summed E-state index contributed by atoms with van der Waals surface area (Å²) in [7, 11) is 0. The van der Waals surface area contributed by atoms with Crippen LogP contribution in [0.15, 0.2) is 24.3 Å². The first-order chi connectivity index (χ1) is 8.29. The van der Waals surface area contributed by atoms with E-state index in [9.17, 15) is 4.79 Å². The zero-order chi connectivity index (χ0) is 12.1. The summed E-state index contributed by atoms with van der Waals surface area (Å²) in [6.45, 7) is 2.94. The fourth-order valence-corrected chi connectivity index (χ4v) is 1.50. The maximum Gasteiger partial charge on any atom is 0.244 e. The first-order valence-electron chi connectivity index (χ1n) is 5.65. The van der Waals surface area contributed by atoms with Crippen LogP contribution in [0.5, 0.6) is 11.5 Å². The van der Waals surface area contributed by atoms with Crippen LogP contribution in [0.2, 0.25) is 0 Å². The first-order valence-corrected chi connectivity index (χ1v) is 5.65. The molecule has 1 amide bonds. The van der Waals surface area contributed by atoms with Gasteiger partial charge in [-0.25, -0.2) is 0 Å². The molecule has 1 heterocycles. The minimum absolute atomic E-state index is 0.0878. The number of ether oxygens (including phenoxy) is 2. The molecule has 0 spiro atoms. The van der Waals surface area contributed by atoms with E-state index in [1.54, 1.807) is 6.08 Å². The molecule has 1 N–H and O–H groups in total. The number of hydrogen-bond acceptors (Lipinski definition) is 3. The summed E-state index contributed by atoms with van der Waals surface area (Å²) in [4.78, 5) is 11.4. The van der Waals surface area contributed by atoms with Crippen LogP contribution in [0.3, 0.4) is 0 Å². The fourth-order valence-electron chi connectivity index (χ4n) is 1.50. The molecule has 0 atom stereocenters. The third-order valence-electron chi connectivity index (χ3n) is 2.39. The molecule has 2 bridgehead atoms. The quantitative estimate of drug-likeness (QED) is 0.809. The summed E-state index contributed by atoms with van der Waals surface area (Å²) in [5.74, 6) is 1.45. The maximum atomic E-state index is 11.4. The number of fused-ring (bicyclic) bond motifs is 2. The smallest absolute Gasteiger partial charge is 0.244 e. The fraction of sp³-hybridized carbons (Fsp3) is 0.308. The minimum Gasteiger partial charge on any atom is -0.457 e. The highest BCUT2D eigenvalue weighted by Crippen LogP contribution is 2.29. The lowest BCUT2D eigenvalue weighted by atomic mass is 10.1. The lowest BCUT2D eigenvalue weighted by molar-refractivity contribution is -0.116. The van der Waals surface area contributed by atoms with Gasteiger partial charge in [0.05, 0.1) is 0 Å². The van der Waals surface area contributed by atoms with E-state index in [-0.39, 0.29) is 12.7 Å². The largest absolute Gasteiger partial charge is 0.457 e. The molecule has 17 heavy (non-hydrogen) atoms. The summed E-state index contributed by atoms with van der Waals surface area (Å²) >= 11 is 0. The molecule has 2 rings (SSSR count). The first kappa shape index (κ1) is 11.5. The molecule has 0 unspecified atom stereocenters. The molecule has 1 aromatic carbocycles. The van der Waals surface area contributed by atoms with Gasteiger partial charge in [-0.15, -0.1) is 0 Å². The second-order valence-corrected chi connectivity index (χ2v) is 3.73. The van der Waals surface area contributed by atoms with Crippen LogP contribution < -0.4 is 14.8 Å². The van der Waals surface area contributed by atoms with Crippen LogP contribution in [0.4, 0.5) is 0 Å². The Bertz CT molecular complexity index is 440. The molecule has 0 saturated carbocycles. The number of rotatable bonds is 4. The van der Waals surface area contributed by atoms with Gasteiger partial charge in [-0.3, -0.25) is 4.79 Å². The Morgan fingerprint density at radius 1 is 1.47 bits per heavy atom. The molecule has 1 aliphatic heterocycles. The zero-order valence-electron chi connectivity index (χ0n) is 9.73. The van der Waals surface area contributed by atoms with E-state index in [1.807, 2.05) is 25.1 Å². The van der Waals surface area contributed by atoms with Crippen molar-refractivity contribution in [2.24, 2.45) is 0 Å². The number of carbonyl (C=O) groups is 1. The van der Waals surface area contributed by atoms with Crippen molar-refractivity contribution >= 4 is 12.0 Å². The van der Waals surface area contributed by atoms with E-state index in [2.05, 4.69) is 5.32 Å². The molecule has 4 heteroatoms. The Hall–Kier alpha value is -1.97. The van der Waals surface area contributed by atoms with Crippen LogP contribution in [0, 0.1) is 0 Å². The van der Waals surface area contributed by atoms with Gasteiger partial charge >= 0.3 is 0 Å². The summed E-state index contributed by atoms with van der Waals surface area (Å²) in [6, 6.07) is 5.54. The summed E-state index contributed by atoms with van der Waals surface area (Å²) in [6.07, 6.45) is 4.19. The van der Waals surface area contributed by atoms with E-state index in [4.69, 9.17) is 9.47 Å². The van der Waals surface area contributed by atoms with Gasteiger partial charge in [0, 0.05) is 24.3 Å². The molecule has 0 fully saturated rings. The summed E-state index contributed by atoms with van der Waals surface area (Å²) in [5.41, 5.74) is 0.878. The van der Waals surface area contributed by atoms with Gasteiger partial charge in [-0.05, 0) is 24.6 Å². The van der Waals surface area contributed by atoms with Gasteiger partial charge in [0.25, 0.3) is 0 Å². The molecule has 1 aromatic rings. The summed E-state index contributed by atoms with van der Waals surface area (Å²) < 4.78 is 10.5. The summed E-state index contributed by atoms with van der Waals surface area (Å²) in [5, 5.41) is 2.77. The average Bonchev–Trinajstić information content (AvgIpc) is 2.36. The van der Waals surface area contributed by atoms with Crippen molar-refractivity contribution in [1.29, 1.82) is 0 Å². The Labute approximate surface area is 100 Å². The Morgan fingerprint density at radius 2 is 2.35 bits per heavy atom. The SMILES string of the molecule is CCCNC(=O)/C=C/c1ccc2cc1OCO2. The number of hydrogen-bond donors (Lipinski definition) is 1. The van der Waals surface area contributed by atoms with Crippen molar-refractivity contribution in [2.45, 2.75) is 13.3 Å². The van der Waals surface area contributed by atoms with Crippen molar-refractivity contribution < 1.29 is 14.3 Å². The minimum atomic E-state index is -0.0878. The molecule has 4 nitrogen and oxygen atoms in total. The molecular formula is C13H15NO3. The van der Waals surface area contributed by atoms with Gasteiger partial charge < -0.3 is 14.8 Å². The molecule has 90 valence electrons. The van der Waals surface area contributed by atoms with Crippen LogP contribution >= 0.6 is 0 Å². The van der Waals surface area contributed by atoms with Crippen LogP contribution in [0.1, 0.15) is 18.9 Å². The lowest BCUT2D eigenvalue weighted by Gasteiger charge is -2.17. The number of benzene rings is 1. The van der Waals surface area contributed by atoms with E-state index < -0.39 is 0 Å². The van der Waals surface area contributed by atoms with E-state index in [0.29, 0.717) is 6.54 Å². The average molecular weight is 233 g/mol. The Morgan fingerprint density at radius 3 is 3.18 bits per heavy atom. The van der Waals surface area contributed by atoms with E-state index in [1.165, 1.54) is 6.08 Å². The molecule has 0 saturated heterocycles. The van der Waals surface area contributed by atoms with E-state index in [0.717, 1.165) is 23.5 Å². The van der Waals surface area contributed by atoms with Crippen LogP contribution in [-0.4, -0.2) is 19.2 Å². The predicted molar refractivity (Wildman–Crippen MR) is 64.9 cm³/mol. The second-order valence-electron chi connectivity index (χ2n) is 3.73. The Kier molecular flexibility index (Phi) is 3.65.